The third-order valence-corrected chi connectivity index (χ3v) is 7.69. The number of hydrazone groups is 1. The second-order valence-electron chi connectivity index (χ2n) is 10.3. The molecule has 0 spiro atoms. The summed E-state index contributed by atoms with van der Waals surface area (Å²) in [6, 6.07) is 6.44. The molecule has 180 valence electrons. The minimum absolute atomic E-state index is 0.210. The van der Waals surface area contributed by atoms with Gasteiger partial charge >= 0.3 is 0 Å². The highest BCUT2D eigenvalue weighted by molar-refractivity contribution is 5.98. The van der Waals surface area contributed by atoms with Gasteiger partial charge in [-0.2, -0.15) is 10.4 Å². The van der Waals surface area contributed by atoms with E-state index >= 15 is 0 Å². The van der Waals surface area contributed by atoms with Crippen molar-refractivity contribution < 1.29 is 4.79 Å². The maximum atomic E-state index is 12.9. The number of hydrogen-bond donors (Lipinski definition) is 2. The Bertz CT molecular complexity index is 1240. The van der Waals surface area contributed by atoms with E-state index in [9.17, 15) is 10.1 Å². The molecule has 1 unspecified atom stereocenters. The van der Waals surface area contributed by atoms with Crippen molar-refractivity contribution in [3.05, 3.63) is 41.3 Å². The number of nitrogens with two attached hydrogens (primary N) is 2. The first kappa shape index (κ1) is 21.8. The number of nitriles is 1. The van der Waals surface area contributed by atoms with E-state index in [1.165, 1.54) is 12.8 Å². The fourth-order valence-corrected chi connectivity index (χ4v) is 5.27. The minimum Gasteiger partial charge on any atom is -0.382 e. The highest BCUT2D eigenvalue weighted by Crippen LogP contribution is 2.46. The van der Waals surface area contributed by atoms with Crippen molar-refractivity contribution in [2.45, 2.75) is 50.5 Å². The molecule has 1 aliphatic heterocycles. The van der Waals surface area contributed by atoms with Crippen LogP contribution in [0.5, 0.6) is 0 Å². The lowest BCUT2D eigenvalue weighted by Crippen LogP contribution is -2.57. The average molecular weight is 471 g/mol. The molecule has 0 radical (unpaired) electrons. The predicted octanol–water partition coefficient (Wildman–Crippen LogP) is 2.31. The molecule has 9 nitrogen and oxygen atoms in total. The monoisotopic (exact) mass is 470 g/mol. The summed E-state index contributed by atoms with van der Waals surface area (Å²) < 4.78 is 0. The first-order valence-electron chi connectivity index (χ1n) is 12.6. The van der Waals surface area contributed by atoms with Crippen LogP contribution in [0.1, 0.15) is 61.3 Å². The summed E-state index contributed by atoms with van der Waals surface area (Å²) in [5.41, 5.74) is 9.85. The largest absolute Gasteiger partial charge is 0.382 e. The number of piperazine rings is 1. The average Bonchev–Trinajstić information content (AvgIpc) is 3.74. The van der Waals surface area contributed by atoms with E-state index in [4.69, 9.17) is 16.6 Å². The van der Waals surface area contributed by atoms with Crippen molar-refractivity contribution in [3.8, 4) is 17.2 Å². The molecular weight excluding hydrogens is 440 g/mol. The van der Waals surface area contributed by atoms with Crippen LogP contribution in [0.2, 0.25) is 0 Å². The lowest BCUT2D eigenvalue weighted by atomic mass is 9.98. The first-order chi connectivity index (χ1) is 17.1. The Balaban J connectivity index is 1.35. The zero-order valence-corrected chi connectivity index (χ0v) is 19.7. The quantitative estimate of drug-likeness (QED) is 0.286. The Labute approximate surface area is 204 Å². The first-order valence-corrected chi connectivity index (χ1v) is 12.6. The van der Waals surface area contributed by atoms with Gasteiger partial charge in [-0.1, -0.05) is 0 Å². The van der Waals surface area contributed by atoms with Crippen molar-refractivity contribution in [2.24, 2.45) is 28.5 Å². The molecule has 6 rings (SSSR count). The van der Waals surface area contributed by atoms with E-state index in [1.807, 2.05) is 12.1 Å². The summed E-state index contributed by atoms with van der Waals surface area (Å²) in [6.45, 7) is 2.15. The van der Waals surface area contributed by atoms with E-state index in [2.05, 4.69) is 26.0 Å². The van der Waals surface area contributed by atoms with Crippen molar-refractivity contribution in [1.82, 2.24) is 14.9 Å². The summed E-state index contributed by atoms with van der Waals surface area (Å²) in [5.74, 6) is 7.82. The summed E-state index contributed by atoms with van der Waals surface area (Å²) in [6.07, 6.45) is 9.97. The van der Waals surface area contributed by atoms with E-state index in [-0.39, 0.29) is 17.8 Å². The Morgan fingerprint density at radius 2 is 1.91 bits per heavy atom. The van der Waals surface area contributed by atoms with E-state index in [1.54, 1.807) is 12.4 Å². The maximum Gasteiger partial charge on any atom is 0.226 e. The molecule has 0 aromatic carbocycles. The van der Waals surface area contributed by atoms with Gasteiger partial charge in [0.2, 0.25) is 5.91 Å². The van der Waals surface area contributed by atoms with Gasteiger partial charge in [0.05, 0.1) is 17.3 Å². The summed E-state index contributed by atoms with van der Waals surface area (Å²) in [4.78, 5) is 26.7. The Morgan fingerprint density at radius 3 is 2.57 bits per heavy atom. The number of carbonyl (C=O) groups excluding carboxylic acids is 1. The molecule has 2 aromatic rings. The summed E-state index contributed by atoms with van der Waals surface area (Å²) >= 11 is 0. The van der Waals surface area contributed by atoms with Gasteiger partial charge in [-0.15, -0.1) is 0 Å². The maximum absolute atomic E-state index is 12.9. The van der Waals surface area contributed by atoms with Crippen LogP contribution in [0.25, 0.3) is 11.1 Å². The van der Waals surface area contributed by atoms with Crippen LogP contribution in [-0.4, -0.2) is 52.3 Å². The molecule has 0 bridgehead atoms. The van der Waals surface area contributed by atoms with Crippen molar-refractivity contribution >= 4 is 17.6 Å². The molecule has 4 fully saturated rings. The number of anilines is 1. The predicted molar refractivity (Wildman–Crippen MR) is 132 cm³/mol. The number of carbonyl (C=O) groups is 1. The fraction of sp³-hybridized carbons (Fsp3) is 0.500. The fourth-order valence-electron chi connectivity index (χ4n) is 5.27. The van der Waals surface area contributed by atoms with Crippen LogP contribution < -0.4 is 16.5 Å². The van der Waals surface area contributed by atoms with Crippen LogP contribution in [0, 0.1) is 23.2 Å². The number of rotatable bonds is 6. The van der Waals surface area contributed by atoms with E-state index < -0.39 is 0 Å². The van der Waals surface area contributed by atoms with Gasteiger partial charge in [-0.25, -0.2) is 4.98 Å². The molecule has 4 N–H and O–H groups in total. The molecule has 4 aliphatic rings. The number of aromatic nitrogens is 2. The van der Waals surface area contributed by atoms with Gasteiger partial charge in [0.1, 0.15) is 11.9 Å². The number of amidine groups is 1. The molecule has 1 atom stereocenters. The van der Waals surface area contributed by atoms with Gasteiger partial charge in [-0.3, -0.25) is 9.78 Å². The van der Waals surface area contributed by atoms with Gasteiger partial charge in [0.15, 0.2) is 5.84 Å². The SMILES string of the molecule is N#Cc1cc(-c2cncc(/C(N)=N/N)c2)c(C2CC2)nc1N1CCN(C(=O)C2CC2)C(C2CC2)C1. The second-order valence-corrected chi connectivity index (χ2v) is 10.3. The third kappa shape index (κ3) is 4.18. The third-order valence-electron chi connectivity index (χ3n) is 7.69. The standard InChI is InChI=1S/C26H30N8O/c27-11-18-10-21(19-9-20(13-30-12-19)24(28)32-29)23(16-3-4-16)31-25(18)33-7-8-34(26(35)17-5-6-17)22(14-33)15-1-2-15/h9-10,12-13,15-17,22H,1-8,14,29H2,(H2,28,32). The molecule has 9 heteroatoms. The highest BCUT2D eigenvalue weighted by Gasteiger charge is 2.45. The topological polar surface area (TPSA) is 138 Å². The van der Waals surface area contributed by atoms with Crippen molar-refractivity contribution in [3.63, 3.8) is 0 Å². The van der Waals surface area contributed by atoms with E-state index in [0.29, 0.717) is 42.0 Å². The molecule has 3 saturated carbocycles. The highest BCUT2D eigenvalue weighted by atomic mass is 16.2. The van der Waals surface area contributed by atoms with Crippen LogP contribution in [0.4, 0.5) is 5.82 Å². The number of pyridine rings is 2. The zero-order chi connectivity index (χ0) is 24.1. The van der Waals surface area contributed by atoms with Gasteiger partial charge in [-0.05, 0) is 56.6 Å². The van der Waals surface area contributed by atoms with E-state index in [0.717, 1.165) is 54.9 Å². The molecule has 3 heterocycles. The number of hydrogen-bond acceptors (Lipinski definition) is 7. The zero-order valence-electron chi connectivity index (χ0n) is 19.7. The van der Waals surface area contributed by atoms with Crippen LogP contribution in [0.15, 0.2) is 29.6 Å². The Hall–Kier alpha value is -3.67. The van der Waals surface area contributed by atoms with Crippen LogP contribution in [-0.2, 0) is 4.79 Å². The van der Waals surface area contributed by atoms with Crippen molar-refractivity contribution in [2.75, 3.05) is 24.5 Å². The number of nitrogens with zero attached hydrogens (tertiary/aromatic N) is 6. The summed E-state index contributed by atoms with van der Waals surface area (Å²) in [5, 5.41) is 13.7. The Kier molecular flexibility index (Phi) is 5.32. The minimum atomic E-state index is 0.210. The molecule has 3 aliphatic carbocycles. The smallest absolute Gasteiger partial charge is 0.226 e. The van der Waals surface area contributed by atoms with Gasteiger partial charge < -0.3 is 21.4 Å². The number of amides is 1. The normalized spacial score (nSPS) is 22.7. The van der Waals surface area contributed by atoms with Crippen LogP contribution in [0.3, 0.4) is 0 Å². The van der Waals surface area contributed by atoms with Crippen molar-refractivity contribution in [1.29, 1.82) is 5.26 Å². The van der Waals surface area contributed by atoms with Gasteiger partial charge in [0.25, 0.3) is 0 Å². The molecule has 1 saturated heterocycles. The lowest BCUT2D eigenvalue weighted by Gasteiger charge is -2.43. The lowest BCUT2D eigenvalue weighted by molar-refractivity contribution is -0.135. The van der Waals surface area contributed by atoms with Gasteiger partial charge in [0, 0.05) is 60.6 Å². The van der Waals surface area contributed by atoms with Crippen LogP contribution >= 0.6 is 0 Å². The Morgan fingerprint density at radius 1 is 1.11 bits per heavy atom. The summed E-state index contributed by atoms with van der Waals surface area (Å²) in [7, 11) is 0. The molecule has 35 heavy (non-hydrogen) atoms. The molecule has 1 amide bonds. The second kappa shape index (κ2) is 8.52. The molecule has 2 aromatic heterocycles. The molecular formula is C26H30N8O.